The van der Waals surface area contributed by atoms with E-state index in [2.05, 4.69) is 10.3 Å². The molecule has 1 saturated carbocycles. The minimum Gasteiger partial charge on any atom is -0.326 e. The third kappa shape index (κ3) is 3.56. The summed E-state index contributed by atoms with van der Waals surface area (Å²) in [6.07, 6.45) is 5.26. The fourth-order valence-electron chi connectivity index (χ4n) is 3.76. The van der Waals surface area contributed by atoms with Crippen LogP contribution in [-0.4, -0.2) is 15.5 Å². The normalized spacial score (nSPS) is 15.4. The Bertz CT molecular complexity index is 944. The third-order valence-electron chi connectivity index (χ3n) is 5.18. The van der Waals surface area contributed by atoms with Gasteiger partial charge in [-0.05, 0) is 49.2 Å². The van der Waals surface area contributed by atoms with Gasteiger partial charge in [0, 0.05) is 17.2 Å². The molecule has 140 valence electrons. The molecule has 6 heteroatoms. The van der Waals surface area contributed by atoms with E-state index in [0.717, 1.165) is 30.3 Å². The number of imidazole rings is 1. The fourth-order valence-corrected chi connectivity index (χ4v) is 3.76. The highest BCUT2D eigenvalue weighted by Crippen LogP contribution is 2.30. The van der Waals surface area contributed by atoms with Crippen LogP contribution in [-0.2, 0) is 4.79 Å². The first-order valence-electron chi connectivity index (χ1n) is 9.30. The quantitative estimate of drug-likeness (QED) is 0.649. The van der Waals surface area contributed by atoms with Crippen LogP contribution in [0.2, 0.25) is 0 Å². The van der Waals surface area contributed by atoms with E-state index in [0.29, 0.717) is 22.3 Å². The van der Waals surface area contributed by atoms with Gasteiger partial charge in [0.25, 0.3) is 0 Å². The van der Waals surface area contributed by atoms with Crippen LogP contribution in [0.4, 0.5) is 14.5 Å². The van der Waals surface area contributed by atoms with Crippen LogP contribution in [0.3, 0.4) is 0 Å². The summed E-state index contributed by atoms with van der Waals surface area (Å²) >= 11 is 0. The van der Waals surface area contributed by atoms with Crippen molar-refractivity contribution in [3.05, 3.63) is 48.5 Å². The van der Waals surface area contributed by atoms with Crippen LogP contribution >= 0.6 is 0 Å². The van der Waals surface area contributed by atoms with Crippen molar-refractivity contribution in [1.29, 1.82) is 0 Å². The lowest BCUT2D eigenvalue weighted by Gasteiger charge is -2.20. The largest absolute Gasteiger partial charge is 0.326 e. The average molecular weight is 369 g/mol. The number of halogens is 2. The number of anilines is 1. The Kier molecular flexibility index (Phi) is 4.88. The number of fused-ring (bicyclic) bond motifs is 1. The van der Waals surface area contributed by atoms with E-state index in [9.17, 15) is 13.6 Å². The molecule has 1 aromatic heterocycles. The topological polar surface area (TPSA) is 46.9 Å². The van der Waals surface area contributed by atoms with Crippen LogP contribution in [0.1, 0.15) is 38.7 Å². The monoisotopic (exact) mass is 369 g/mol. The second-order valence-electron chi connectivity index (χ2n) is 6.97. The molecular formula is C21H21F2N3O. The van der Waals surface area contributed by atoms with E-state index in [1.54, 1.807) is 48.5 Å². The van der Waals surface area contributed by atoms with E-state index in [-0.39, 0.29) is 17.6 Å². The molecule has 1 fully saturated rings. The molecule has 0 bridgehead atoms. The number of nitrogens with zero attached hydrogens (tertiary/aromatic N) is 2. The van der Waals surface area contributed by atoms with Gasteiger partial charge in [0.1, 0.15) is 5.82 Å². The van der Waals surface area contributed by atoms with Crippen molar-refractivity contribution in [2.24, 2.45) is 5.92 Å². The standard InChI is InChI=1S/C21H21F2N3O/c22-21(23)26-18-9-5-4-8-17(18)25-19(26)14-10-12-16(13-11-14)24-20(27)15-6-2-1-3-7-15/h4-5,8-13,15,21H,1-3,6-7H2,(H,24,27). The van der Waals surface area contributed by atoms with Gasteiger partial charge in [0.05, 0.1) is 11.0 Å². The molecule has 0 unspecified atom stereocenters. The zero-order valence-electron chi connectivity index (χ0n) is 14.9. The highest BCUT2D eigenvalue weighted by atomic mass is 19.3. The number of benzene rings is 2. The average Bonchev–Trinajstić information content (AvgIpc) is 3.09. The summed E-state index contributed by atoms with van der Waals surface area (Å²) in [6.45, 7) is -2.68. The Labute approximate surface area is 156 Å². The Hall–Kier alpha value is -2.76. The Morgan fingerprint density at radius 1 is 1.04 bits per heavy atom. The van der Waals surface area contributed by atoms with Crippen LogP contribution in [0.25, 0.3) is 22.4 Å². The lowest BCUT2D eigenvalue weighted by Crippen LogP contribution is -2.24. The van der Waals surface area contributed by atoms with E-state index in [1.807, 2.05) is 0 Å². The summed E-state index contributed by atoms with van der Waals surface area (Å²) in [5, 5.41) is 2.94. The van der Waals surface area contributed by atoms with Gasteiger partial charge in [-0.15, -0.1) is 0 Å². The van der Waals surface area contributed by atoms with Crippen LogP contribution in [0.15, 0.2) is 48.5 Å². The van der Waals surface area contributed by atoms with Crippen molar-refractivity contribution in [1.82, 2.24) is 9.55 Å². The van der Waals surface area contributed by atoms with E-state index < -0.39 is 6.55 Å². The lowest BCUT2D eigenvalue weighted by molar-refractivity contribution is -0.120. The summed E-state index contributed by atoms with van der Waals surface area (Å²) in [4.78, 5) is 16.7. The summed E-state index contributed by atoms with van der Waals surface area (Å²) < 4.78 is 28.1. The highest BCUT2D eigenvalue weighted by molar-refractivity contribution is 5.92. The van der Waals surface area contributed by atoms with Crippen molar-refractivity contribution in [2.75, 3.05) is 5.32 Å². The maximum atomic E-state index is 13.6. The molecule has 1 amide bonds. The van der Waals surface area contributed by atoms with Gasteiger partial charge in [0.15, 0.2) is 0 Å². The van der Waals surface area contributed by atoms with Gasteiger partial charge in [-0.1, -0.05) is 31.4 Å². The van der Waals surface area contributed by atoms with Crippen molar-refractivity contribution in [2.45, 2.75) is 38.7 Å². The Morgan fingerprint density at radius 3 is 2.44 bits per heavy atom. The van der Waals surface area contributed by atoms with Crippen LogP contribution < -0.4 is 5.32 Å². The number of carbonyl (C=O) groups excluding carboxylic acids is 1. The molecular weight excluding hydrogens is 348 g/mol. The molecule has 1 aliphatic carbocycles. The van der Waals surface area contributed by atoms with Crippen molar-refractivity contribution in [3.63, 3.8) is 0 Å². The summed E-state index contributed by atoms with van der Waals surface area (Å²) in [6, 6.07) is 13.8. The van der Waals surface area contributed by atoms with Gasteiger partial charge in [-0.25, -0.2) is 4.98 Å². The number of carbonyl (C=O) groups is 1. The Morgan fingerprint density at radius 2 is 1.74 bits per heavy atom. The summed E-state index contributed by atoms with van der Waals surface area (Å²) in [5.41, 5.74) is 2.19. The summed E-state index contributed by atoms with van der Waals surface area (Å²) in [7, 11) is 0. The number of amides is 1. The predicted molar refractivity (Wildman–Crippen MR) is 102 cm³/mol. The van der Waals surface area contributed by atoms with Crippen molar-refractivity contribution >= 4 is 22.6 Å². The van der Waals surface area contributed by atoms with Gasteiger partial charge < -0.3 is 5.32 Å². The van der Waals surface area contributed by atoms with Gasteiger partial charge in [-0.3, -0.25) is 9.36 Å². The molecule has 27 heavy (non-hydrogen) atoms. The van der Waals surface area contributed by atoms with Crippen molar-refractivity contribution < 1.29 is 13.6 Å². The molecule has 0 aliphatic heterocycles. The molecule has 0 atom stereocenters. The molecule has 1 heterocycles. The van der Waals surface area contributed by atoms with Gasteiger partial charge in [-0.2, -0.15) is 8.78 Å². The lowest BCUT2D eigenvalue weighted by atomic mass is 9.88. The Balaban J connectivity index is 1.58. The summed E-state index contributed by atoms with van der Waals surface area (Å²) in [5.74, 6) is 0.333. The molecule has 0 radical (unpaired) electrons. The predicted octanol–water partition coefficient (Wildman–Crippen LogP) is 5.62. The minimum atomic E-state index is -2.68. The zero-order valence-corrected chi connectivity index (χ0v) is 14.9. The van der Waals surface area contributed by atoms with E-state index in [1.165, 1.54) is 6.42 Å². The van der Waals surface area contributed by atoms with Gasteiger partial charge >= 0.3 is 6.55 Å². The molecule has 1 N–H and O–H groups in total. The SMILES string of the molecule is O=C(Nc1ccc(-c2nc3ccccc3n2C(F)F)cc1)C1CCCCC1. The second kappa shape index (κ2) is 7.47. The second-order valence-corrected chi connectivity index (χ2v) is 6.97. The molecule has 4 rings (SSSR count). The zero-order chi connectivity index (χ0) is 18.8. The number of aromatic nitrogens is 2. The van der Waals surface area contributed by atoms with Crippen molar-refractivity contribution in [3.8, 4) is 11.4 Å². The molecule has 4 nitrogen and oxygen atoms in total. The number of nitrogens with one attached hydrogen (secondary N) is 1. The molecule has 1 aliphatic rings. The molecule has 3 aromatic rings. The number of para-hydroxylation sites is 2. The number of hydrogen-bond donors (Lipinski definition) is 1. The first kappa shape index (κ1) is 17.6. The first-order valence-corrected chi connectivity index (χ1v) is 9.30. The highest BCUT2D eigenvalue weighted by Gasteiger charge is 2.22. The van der Waals surface area contributed by atoms with Crippen LogP contribution in [0.5, 0.6) is 0 Å². The van der Waals surface area contributed by atoms with Gasteiger partial charge in [0.2, 0.25) is 5.91 Å². The third-order valence-corrected chi connectivity index (χ3v) is 5.18. The van der Waals surface area contributed by atoms with E-state index >= 15 is 0 Å². The minimum absolute atomic E-state index is 0.0438. The number of rotatable bonds is 4. The van der Waals surface area contributed by atoms with E-state index in [4.69, 9.17) is 0 Å². The van der Waals surface area contributed by atoms with Crippen LogP contribution in [0, 0.1) is 5.92 Å². The fraction of sp³-hybridized carbons (Fsp3) is 0.333. The molecule has 0 spiro atoms. The smallest absolute Gasteiger partial charge is 0.320 e. The maximum absolute atomic E-state index is 13.6. The maximum Gasteiger partial charge on any atom is 0.320 e. The molecule has 2 aromatic carbocycles. The number of alkyl halides is 2. The molecule has 0 saturated heterocycles. The number of hydrogen-bond acceptors (Lipinski definition) is 2. The first-order chi connectivity index (χ1) is 13.1.